The fourth-order valence-electron chi connectivity index (χ4n) is 3.19. The maximum absolute atomic E-state index is 3.73. The molecule has 1 aromatic rings. The van der Waals surface area contributed by atoms with Gasteiger partial charge in [-0.2, -0.15) is 11.3 Å². The van der Waals surface area contributed by atoms with E-state index in [-0.39, 0.29) is 0 Å². The van der Waals surface area contributed by atoms with E-state index in [0.717, 1.165) is 6.54 Å². The Morgan fingerprint density at radius 1 is 1.40 bits per heavy atom. The van der Waals surface area contributed by atoms with Crippen LogP contribution in [0.4, 0.5) is 0 Å². The summed E-state index contributed by atoms with van der Waals surface area (Å²) in [5.41, 5.74) is 1.49. The first-order valence-electron chi connectivity index (χ1n) is 7.84. The molecule has 1 aliphatic heterocycles. The van der Waals surface area contributed by atoms with Gasteiger partial charge in [-0.3, -0.25) is 0 Å². The van der Waals surface area contributed by atoms with Gasteiger partial charge in [0, 0.05) is 18.6 Å². The molecular weight excluding hydrogens is 266 g/mol. The second kappa shape index (κ2) is 8.13. The molecule has 0 aliphatic carbocycles. The van der Waals surface area contributed by atoms with Crippen LogP contribution in [-0.2, 0) is 6.42 Å². The van der Waals surface area contributed by atoms with Crippen molar-refractivity contribution in [1.29, 1.82) is 0 Å². The second-order valence-electron chi connectivity index (χ2n) is 6.00. The number of likely N-dealkylation sites (N-methyl/N-ethyl adjacent to an activating group) is 3. The van der Waals surface area contributed by atoms with Crippen molar-refractivity contribution >= 4 is 11.3 Å². The summed E-state index contributed by atoms with van der Waals surface area (Å²) in [4.78, 5) is 5.05. The predicted molar refractivity (Wildman–Crippen MR) is 88.6 cm³/mol. The number of nitrogens with one attached hydrogen (secondary N) is 1. The van der Waals surface area contributed by atoms with Crippen LogP contribution in [0.3, 0.4) is 0 Å². The van der Waals surface area contributed by atoms with Crippen molar-refractivity contribution in [1.82, 2.24) is 15.1 Å². The van der Waals surface area contributed by atoms with Gasteiger partial charge in [-0.05, 0) is 75.4 Å². The highest BCUT2D eigenvalue weighted by molar-refractivity contribution is 7.07. The molecule has 114 valence electrons. The fourth-order valence-corrected chi connectivity index (χ4v) is 3.89. The van der Waals surface area contributed by atoms with E-state index in [1.54, 1.807) is 11.3 Å². The molecule has 1 aliphatic rings. The standard InChI is InChI=1S/C16H29N3S/c1-4-17-15(7-6-14-8-11-20-13-14)16-12-18(2)9-5-10-19(16)3/h8,11,13,15-17H,4-7,9-10,12H2,1-3H3. The van der Waals surface area contributed by atoms with E-state index in [2.05, 4.69) is 53.0 Å². The highest BCUT2D eigenvalue weighted by Gasteiger charge is 2.27. The Bertz CT molecular complexity index is 366. The van der Waals surface area contributed by atoms with Gasteiger partial charge in [0.2, 0.25) is 0 Å². The number of hydrogen-bond acceptors (Lipinski definition) is 4. The van der Waals surface area contributed by atoms with Crippen molar-refractivity contribution in [2.75, 3.05) is 40.3 Å². The summed E-state index contributed by atoms with van der Waals surface area (Å²) < 4.78 is 0. The van der Waals surface area contributed by atoms with Gasteiger partial charge in [-0.15, -0.1) is 0 Å². The molecule has 0 amide bonds. The molecule has 0 aromatic carbocycles. The van der Waals surface area contributed by atoms with Gasteiger partial charge < -0.3 is 15.1 Å². The third kappa shape index (κ3) is 4.55. The van der Waals surface area contributed by atoms with Crippen molar-refractivity contribution in [2.24, 2.45) is 0 Å². The Morgan fingerprint density at radius 2 is 2.25 bits per heavy atom. The maximum Gasteiger partial charge on any atom is 0.0373 e. The van der Waals surface area contributed by atoms with Crippen LogP contribution in [0.5, 0.6) is 0 Å². The molecule has 2 atom stereocenters. The Hall–Kier alpha value is -0.420. The first-order chi connectivity index (χ1) is 9.70. The summed E-state index contributed by atoms with van der Waals surface area (Å²) in [6.45, 7) is 6.90. The predicted octanol–water partition coefficient (Wildman–Crippen LogP) is 2.29. The monoisotopic (exact) mass is 295 g/mol. The number of hydrogen-bond donors (Lipinski definition) is 1. The van der Waals surface area contributed by atoms with Crippen LogP contribution >= 0.6 is 11.3 Å². The minimum absolute atomic E-state index is 0.588. The smallest absolute Gasteiger partial charge is 0.0373 e. The Balaban J connectivity index is 1.97. The molecule has 0 saturated carbocycles. The molecule has 1 saturated heterocycles. The molecule has 1 aromatic heterocycles. The fraction of sp³-hybridized carbons (Fsp3) is 0.750. The van der Waals surface area contributed by atoms with E-state index in [9.17, 15) is 0 Å². The molecule has 0 radical (unpaired) electrons. The van der Waals surface area contributed by atoms with Crippen LogP contribution in [0.2, 0.25) is 0 Å². The van der Waals surface area contributed by atoms with Crippen LogP contribution in [-0.4, -0.2) is 62.2 Å². The minimum atomic E-state index is 0.588. The lowest BCUT2D eigenvalue weighted by Gasteiger charge is -2.35. The quantitative estimate of drug-likeness (QED) is 0.869. The van der Waals surface area contributed by atoms with E-state index < -0.39 is 0 Å². The van der Waals surface area contributed by atoms with E-state index >= 15 is 0 Å². The van der Waals surface area contributed by atoms with Gasteiger partial charge in [0.25, 0.3) is 0 Å². The molecule has 3 nitrogen and oxygen atoms in total. The summed E-state index contributed by atoms with van der Waals surface area (Å²) >= 11 is 1.81. The summed E-state index contributed by atoms with van der Waals surface area (Å²) in [5.74, 6) is 0. The third-order valence-corrected chi connectivity index (χ3v) is 5.10. The van der Waals surface area contributed by atoms with E-state index in [1.165, 1.54) is 44.5 Å². The number of thiophene rings is 1. The summed E-state index contributed by atoms with van der Waals surface area (Å²) in [6, 6.07) is 3.47. The molecular formula is C16H29N3S. The van der Waals surface area contributed by atoms with Crippen molar-refractivity contribution in [3.05, 3.63) is 22.4 Å². The Morgan fingerprint density at radius 3 is 2.95 bits per heavy atom. The Labute approximate surface area is 128 Å². The van der Waals surface area contributed by atoms with Crippen LogP contribution in [0.25, 0.3) is 0 Å². The summed E-state index contributed by atoms with van der Waals surface area (Å²) in [7, 11) is 4.55. The lowest BCUT2D eigenvalue weighted by molar-refractivity contribution is 0.173. The number of nitrogens with zero attached hydrogens (tertiary/aromatic N) is 2. The highest BCUT2D eigenvalue weighted by Crippen LogP contribution is 2.16. The van der Waals surface area contributed by atoms with E-state index in [0.29, 0.717) is 12.1 Å². The van der Waals surface area contributed by atoms with Crippen molar-refractivity contribution in [2.45, 2.75) is 38.3 Å². The van der Waals surface area contributed by atoms with Gasteiger partial charge >= 0.3 is 0 Å². The lowest BCUT2D eigenvalue weighted by Crippen LogP contribution is -2.52. The van der Waals surface area contributed by atoms with Crippen molar-refractivity contribution in [3.8, 4) is 0 Å². The van der Waals surface area contributed by atoms with Crippen LogP contribution in [0, 0.1) is 0 Å². The van der Waals surface area contributed by atoms with Crippen LogP contribution in [0.1, 0.15) is 25.3 Å². The topological polar surface area (TPSA) is 18.5 Å². The normalized spacial score (nSPS) is 23.6. The van der Waals surface area contributed by atoms with E-state index in [1.807, 2.05) is 0 Å². The number of aryl methyl sites for hydroxylation is 1. The number of rotatable bonds is 6. The largest absolute Gasteiger partial charge is 0.313 e. The zero-order valence-electron chi connectivity index (χ0n) is 13.1. The van der Waals surface area contributed by atoms with Crippen molar-refractivity contribution < 1.29 is 0 Å². The molecule has 20 heavy (non-hydrogen) atoms. The van der Waals surface area contributed by atoms with Crippen LogP contribution in [0.15, 0.2) is 16.8 Å². The zero-order valence-corrected chi connectivity index (χ0v) is 14.0. The van der Waals surface area contributed by atoms with Gasteiger partial charge in [-0.25, -0.2) is 0 Å². The SMILES string of the molecule is CCNC(CCc1ccsc1)C1CN(C)CCCN1C. The maximum atomic E-state index is 3.73. The molecule has 4 heteroatoms. The summed E-state index contributed by atoms with van der Waals surface area (Å²) in [5, 5.41) is 8.20. The lowest BCUT2D eigenvalue weighted by atomic mass is 9.99. The first-order valence-corrected chi connectivity index (χ1v) is 8.78. The third-order valence-electron chi connectivity index (χ3n) is 4.37. The van der Waals surface area contributed by atoms with Crippen molar-refractivity contribution in [3.63, 3.8) is 0 Å². The molecule has 2 heterocycles. The molecule has 1 N–H and O–H groups in total. The van der Waals surface area contributed by atoms with E-state index in [4.69, 9.17) is 0 Å². The molecule has 0 bridgehead atoms. The summed E-state index contributed by atoms with van der Waals surface area (Å²) in [6.07, 6.45) is 3.70. The second-order valence-corrected chi connectivity index (χ2v) is 6.78. The van der Waals surface area contributed by atoms with Gasteiger partial charge in [0.1, 0.15) is 0 Å². The first kappa shape index (κ1) is 16.0. The minimum Gasteiger partial charge on any atom is -0.313 e. The molecule has 1 fully saturated rings. The van der Waals surface area contributed by atoms with Gasteiger partial charge in [-0.1, -0.05) is 6.92 Å². The van der Waals surface area contributed by atoms with Crippen LogP contribution < -0.4 is 5.32 Å². The average Bonchev–Trinajstić information content (AvgIpc) is 2.88. The van der Waals surface area contributed by atoms with Gasteiger partial charge in [0.05, 0.1) is 0 Å². The zero-order chi connectivity index (χ0) is 14.4. The molecule has 0 spiro atoms. The average molecular weight is 295 g/mol. The van der Waals surface area contributed by atoms with Gasteiger partial charge in [0.15, 0.2) is 0 Å². The molecule has 2 rings (SSSR count). The highest BCUT2D eigenvalue weighted by atomic mass is 32.1. The molecule has 2 unspecified atom stereocenters. The Kier molecular flexibility index (Phi) is 6.49.